The molecule has 0 spiro atoms. The summed E-state index contributed by atoms with van der Waals surface area (Å²) in [5.41, 5.74) is 6.33. The maximum atomic E-state index is 13.2. The number of hydrogen-bond donors (Lipinski definition) is 0. The molecule has 4 aromatic carbocycles. The number of fused-ring (bicyclic) bond motifs is 6. The van der Waals surface area contributed by atoms with Crippen molar-refractivity contribution in [2.45, 2.75) is 6.92 Å². The smallest absolute Gasteiger partial charge is 0.345 e. The maximum absolute atomic E-state index is 13.2. The maximum Gasteiger partial charge on any atom is 0.345 e. The summed E-state index contributed by atoms with van der Waals surface area (Å²) in [5, 5.41) is 3.93. The van der Waals surface area contributed by atoms with Crippen molar-refractivity contribution in [3.05, 3.63) is 113 Å². The van der Waals surface area contributed by atoms with Gasteiger partial charge in [0.1, 0.15) is 16.7 Å². The highest BCUT2D eigenvalue weighted by Crippen LogP contribution is 2.38. The summed E-state index contributed by atoms with van der Waals surface area (Å²) in [6, 6.07) is 31.8. The zero-order valence-corrected chi connectivity index (χ0v) is 18.9. The van der Waals surface area contributed by atoms with Crippen molar-refractivity contribution in [1.82, 2.24) is 4.98 Å². The molecule has 0 N–H and O–H groups in total. The van der Waals surface area contributed by atoms with Crippen LogP contribution in [0.15, 0.2) is 111 Å². The Balaban J connectivity index is 1.59. The summed E-state index contributed by atoms with van der Waals surface area (Å²) in [5.74, 6) is 0. The van der Waals surface area contributed by atoms with Gasteiger partial charge in [0.15, 0.2) is 5.58 Å². The Morgan fingerprint density at radius 1 is 0.657 bits per heavy atom. The molecule has 0 aliphatic rings. The lowest BCUT2D eigenvalue weighted by molar-refractivity contribution is 0.563. The Morgan fingerprint density at radius 2 is 1.43 bits per heavy atom. The first kappa shape index (κ1) is 19.7. The molecule has 4 heteroatoms. The summed E-state index contributed by atoms with van der Waals surface area (Å²) in [6.07, 6.45) is 0. The summed E-state index contributed by atoms with van der Waals surface area (Å²) in [6.45, 7) is 2.04. The van der Waals surface area contributed by atoms with Gasteiger partial charge in [-0.25, -0.2) is 9.78 Å². The lowest BCUT2D eigenvalue weighted by Gasteiger charge is -2.08. The van der Waals surface area contributed by atoms with Crippen LogP contribution < -0.4 is 5.63 Å². The van der Waals surface area contributed by atoms with Crippen LogP contribution in [-0.2, 0) is 0 Å². The Morgan fingerprint density at radius 3 is 2.31 bits per heavy atom. The van der Waals surface area contributed by atoms with E-state index in [-0.39, 0.29) is 0 Å². The van der Waals surface area contributed by atoms with Crippen molar-refractivity contribution in [3.63, 3.8) is 0 Å². The van der Waals surface area contributed by atoms with Gasteiger partial charge in [-0.15, -0.1) is 0 Å². The third-order valence-electron chi connectivity index (χ3n) is 6.58. The average Bonchev–Trinajstić information content (AvgIpc) is 3.26. The molecule has 0 fully saturated rings. The molecule has 3 aromatic heterocycles. The van der Waals surface area contributed by atoms with Crippen LogP contribution in [0, 0.1) is 6.92 Å². The fourth-order valence-corrected chi connectivity index (χ4v) is 4.87. The van der Waals surface area contributed by atoms with Gasteiger partial charge in [-0.05, 0) is 53.6 Å². The number of rotatable bonds is 2. The molecule has 7 aromatic rings. The molecule has 0 bridgehead atoms. The van der Waals surface area contributed by atoms with Crippen molar-refractivity contribution in [2.24, 2.45) is 0 Å². The van der Waals surface area contributed by atoms with Crippen molar-refractivity contribution in [1.29, 1.82) is 0 Å². The molecule has 4 nitrogen and oxygen atoms in total. The van der Waals surface area contributed by atoms with Gasteiger partial charge < -0.3 is 8.83 Å². The fraction of sp³-hybridized carbons (Fsp3) is 0.0323. The van der Waals surface area contributed by atoms with E-state index < -0.39 is 5.63 Å². The van der Waals surface area contributed by atoms with Gasteiger partial charge in [0.05, 0.1) is 11.3 Å². The molecular weight excluding hydrogens is 434 g/mol. The number of hydrogen-bond acceptors (Lipinski definition) is 4. The lowest BCUT2D eigenvalue weighted by atomic mass is 10.0. The fourth-order valence-electron chi connectivity index (χ4n) is 4.87. The van der Waals surface area contributed by atoms with E-state index in [9.17, 15) is 4.79 Å². The molecule has 0 saturated heterocycles. The standard InChI is InChI=1S/C31H19NO3/c1-18-11-13-28-25(15-18)29-30(34-28)22(19-7-3-2-4-8-19)17-26(32-29)24-16-23-21-10-6-5-9-20(21)12-14-27(23)35-31(24)33/h2-17H,1H3. The third kappa shape index (κ3) is 3.07. The number of furan rings is 1. The first-order chi connectivity index (χ1) is 17.2. The van der Waals surface area contributed by atoms with Gasteiger partial charge in [0.2, 0.25) is 0 Å². The normalized spacial score (nSPS) is 11.7. The quantitative estimate of drug-likeness (QED) is 0.197. The molecule has 0 radical (unpaired) electrons. The first-order valence-corrected chi connectivity index (χ1v) is 11.5. The van der Waals surface area contributed by atoms with Gasteiger partial charge in [-0.2, -0.15) is 0 Å². The molecule has 0 aliphatic carbocycles. The second-order valence-corrected chi connectivity index (χ2v) is 8.85. The number of pyridine rings is 1. The van der Waals surface area contributed by atoms with Gasteiger partial charge in [-0.3, -0.25) is 0 Å². The van der Waals surface area contributed by atoms with Gasteiger partial charge >= 0.3 is 5.63 Å². The predicted molar refractivity (Wildman–Crippen MR) is 141 cm³/mol. The molecule has 3 heterocycles. The summed E-state index contributed by atoms with van der Waals surface area (Å²) < 4.78 is 12.1. The van der Waals surface area contributed by atoms with E-state index in [0.717, 1.165) is 49.3 Å². The summed E-state index contributed by atoms with van der Waals surface area (Å²) in [7, 11) is 0. The molecule has 7 rings (SSSR count). The Kier molecular flexibility index (Phi) is 4.18. The van der Waals surface area contributed by atoms with Crippen LogP contribution in [-0.4, -0.2) is 4.98 Å². The molecule has 0 aliphatic heterocycles. The second kappa shape index (κ2) is 7.40. The van der Waals surface area contributed by atoms with Crippen LogP contribution in [0.4, 0.5) is 0 Å². The third-order valence-corrected chi connectivity index (χ3v) is 6.58. The number of nitrogens with zero attached hydrogens (tertiary/aromatic N) is 1. The van der Waals surface area contributed by atoms with E-state index in [0.29, 0.717) is 22.4 Å². The first-order valence-electron chi connectivity index (χ1n) is 11.5. The Labute approximate surface area is 200 Å². The average molecular weight is 453 g/mol. The van der Waals surface area contributed by atoms with Crippen molar-refractivity contribution < 1.29 is 8.83 Å². The van der Waals surface area contributed by atoms with Crippen LogP contribution >= 0.6 is 0 Å². The van der Waals surface area contributed by atoms with Gasteiger partial charge in [0.25, 0.3) is 0 Å². The highest BCUT2D eigenvalue weighted by molar-refractivity contribution is 6.09. The van der Waals surface area contributed by atoms with Crippen LogP contribution in [0.3, 0.4) is 0 Å². The van der Waals surface area contributed by atoms with E-state index in [1.54, 1.807) is 0 Å². The minimum Gasteiger partial charge on any atom is -0.454 e. The van der Waals surface area contributed by atoms with Crippen molar-refractivity contribution in [2.75, 3.05) is 0 Å². The van der Waals surface area contributed by atoms with E-state index in [1.807, 2.05) is 91.9 Å². The molecule has 0 saturated carbocycles. The van der Waals surface area contributed by atoms with E-state index in [4.69, 9.17) is 13.8 Å². The lowest BCUT2D eigenvalue weighted by Crippen LogP contribution is -2.04. The van der Waals surface area contributed by atoms with Crippen LogP contribution in [0.1, 0.15) is 5.56 Å². The Hall–Kier alpha value is -4.70. The van der Waals surface area contributed by atoms with Crippen LogP contribution in [0.25, 0.3) is 66.2 Å². The zero-order chi connectivity index (χ0) is 23.5. The largest absolute Gasteiger partial charge is 0.454 e. The molecule has 0 unspecified atom stereocenters. The number of aryl methyl sites for hydroxylation is 1. The van der Waals surface area contributed by atoms with Crippen molar-refractivity contribution >= 4 is 43.8 Å². The molecular formula is C31H19NO3. The van der Waals surface area contributed by atoms with E-state index in [2.05, 4.69) is 12.1 Å². The van der Waals surface area contributed by atoms with Gasteiger partial charge in [0, 0.05) is 16.3 Å². The van der Waals surface area contributed by atoms with Gasteiger partial charge in [-0.1, -0.05) is 72.3 Å². The molecule has 35 heavy (non-hydrogen) atoms. The predicted octanol–water partition coefficient (Wildman–Crippen LogP) is 7.88. The minimum atomic E-state index is -0.414. The number of benzene rings is 4. The van der Waals surface area contributed by atoms with Crippen LogP contribution in [0.5, 0.6) is 0 Å². The van der Waals surface area contributed by atoms with Crippen LogP contribution in [0.2, 0.25) is 0 Å². The highest BCUT2D eigenvalue weighted by Gasteiger charge is 2.19. The summed E-state index contributed by atoms with van der Waals surface area (Å²) in [4.78, 5) is 18.1. The highest BCUT2D eigenvalue weighted by atomic mass is 16.4. The SMILES string of the molecule is Cc1ccc2oc3c(-c4ccccc4)cc(-c4cc5c(ccc6ccccc65)oc4=O)nc3c2c1. The zero-order valence-electron chi connectivity index (χ0n) is 18.9. The molecule has 0 amide bonds. The molecule has 0 atom stereocenters. The number of aromatic nitrogens is 1. The topological polar surface area (TPSA) is 56.2 Å². The molecule has 166 valence electrons. The monoisotopic (exact) mass is 453 g/mol. The summed E-state index contributed by atoms with van der Waals surface area (Å²) >= 11 is 0. The van der Waals surface area contributed by atoms with E-state index in [1.165, 1.54) is 0 Å². The van der Waals surface area contributed by atoms with E-state index >= 15 is 0 Å². The Bertz CT molecular complexity index is 1980. The second-order valence-electron chi connectivity index (χ2n) is 8.85. The minimum absolute atomic E-state index is 0.414. The van der Waals surface area contributed by atoms with Crippen molar-refractivity contribution in [3.8, 4) is 22.4 Å².